The van der Waals surface area contributed by atoms with Crippen LogP contribution in [-0.4, -0.2) is 70.1 Å². The number of fused-ring (bicyclic) bond motifs is 2. The Kier molecular flexibility index (Phi) is 5.26. The Morgan fingerprint density at radius 3 is 3.14 bits per heavy atom. The Morgan fingerprint density at radius 2 is 2.39 bits per heavy atom. The monoisotopic (exact) mass is 397 g/mol. The zero-order valence-electron chi connectivity index (χ0n) is 15.0. The topological polar surface area (TPSA) is 83.8 Å². The van der Waals surface area contributed by atoms with Crippen LogP contribution < -0.4 is 4.81 Å². The molecule has 11 heteroatoms. The van der Waals surface area contributed by atoms with E-state index < -0.39 is 0 Å². The molecule has 0 saturated carbocycles. The summed E-state index contributed by atoms with van der Waals surface area (Å²) < 4.78 is 1.76. The van der Waals surface area contributed by atoms with Gasteiger partial charge in [0.15, 0.2) is 5.13 Å². The first-order valence-corrected chi connectivity index (χ1v) is 9.60. The zero-order chi connectivity index (χ0) is 19.5. The summed E-state index contributed by atoms with van der Waals surface area (Å²) in [4.78, 5) is 36.6. The molecule has 2 aliphatic rings. The lowest BCUT2D eigenvalue weighted by molar-refractivity contribution is -0.107. The zero-order valence-corrected chi connectivity index (χ0v) is 15.9. The summed E-state index contributed by atoms with van der Waals surface area (Å²) in [5.41, 5.74) is 1.69. The number of aromatic nitrogens is 3. The van der Waals surface area contributed by atoms with Crippen LogP contribution in [0.3, 0.4) is 0 Å². The van der Waals surface area contributed by atoms with Crippen molar-refractivity contribution in [2.24, 2.45) is 0 Å². The van der Waals surface area contributed by atoms with Gasteiger partial charge in [0, 0.05) is 24.3 Å². The summed E-state index contributed by atoms with van der Waals surface area (Å²) in [6.45, 7) is 5.38. The first-order chi connectivity index (χ1) is 13.7. The fourth-order valence-corrected chi connectivity index (χ4v) is 3.84. The van der Waals surface area contributed by atoms with Crippen molar-refractivity contribution in [3.63, 3.8) is 0 Å². The van der Waals surface area contributed by atoms with Gasteiger partial charge in [-0.2, -0.15) is 10.2 Å². The number of amides is 2. The van der Waals surface area contributed by atoms with Gasteiger partial charge in [-0.05, 0) is 12.1 Å². The highest BCUT2D eigenvalue weighted by Crippen LogP contribution is 2.27. The second-order valence-electron chi connectivity index (χ2n) is 6.28. The Labute approximate surface area is 166 Å². The molecule has 1 fully saturated rings. The highest BCUT2D eigenvalue weighted by molar-refractivity contribution is 7.14. The van der Waals surface area contributed by atoms with Crippen LogP contribution in [0.4, 0.5) is 9.93 Å². The smallest absolute Gasteiger partial charge is 0.345 e. The van der Waals surface area contributed by atoms with E-state index in [9.17, 15) is 9.59 Å². The first kappa shape index (κ1) is 18.4. The highest BCUT2D eigenvalue weighted by Gasteiger charge is 2.41. The van der Waals surface area contributed by atoms with Crippen LogP contribution in [0.25, 0.3) is 5.70 Å². The fraction of sp³-hybridized carbons (Fsp3) is 0.294. The lowest BCUT2D eigenvalue weighted by Gasteiger charge is -2.21. The van der Waals surface area contributed by atoms with Crippen LogP contribution in [0.2, 0.25) is 0 Å². The number of rotatable bonds is 9. The molecule has 28 heavy (non-hydrogen) atoms. The molecule has 2 aromatic heterocycles. The molecule has 1 radical (unpaired) electrons. The summed E-state index contributed by atoms with van der Waals surface area (Å²) in [5.74, 6) is 0. The molecule has 1 atom stereocenters. The van der Waals surface area contributed by atoms with Crippen LogP contribution in [0, 0.1) is 0 Å². The summed E-state index contributed by atoms with van der Waals surface area (Å²) in [5, 5.41) is 8.58. The maximum Gasteiger partial charge on any atom is 0.345 e. The van der Waals surface area contributed by atoms with Gasteiger partial charge in [0.1, 0.15) is 6.19 Å². The average Bonchev–Trinajstić information content (AvgIpc) is 3.43. The van der Waals surface area contributed by atoms with Gasteiger partial charge < -0.3 is 14.5 Å². The molecule has 4 rings (SSSR count). The van der Waals surface area contributed by atoms with E-state index in [4.69, 9.17) is 4.84 Å². The normalized spacial score (nSPS) is 18.2. The summed E-state index contributed by atoms with van der Waals surface area (Å²) in [7, 11) is 1.44. The number of urea groups is 1. The molecule has 2 amide bonds. The second kappa shape index (κ2) is 7.99. The minimum absolute atomic E-state index is 0.152. The maximum absolute atomic E-state index is 12.4. The molecule has 0 N–H and O–H groups in total. The Balaban J connectivity index is 1.49. The quantitative estimate of drug-likeness (QED) is 0.360. The van der Waals surface area contributed by atoms with Gasteiger partial charge in [-0.15, -0.1) is 17.9 Å². The molecular weight excluding hydrogens is 379 g/mol. The minimum atomic E-state index is -0.154. The number of carbonyl (C=O) groups is 2. The molecule has 0 aromatic carbocycles. The molecule has 1 saturated heterocycles. The van der Waals surface area contributed by atoms with Crippen molar-refractivity contribution in [1.29, 1.82) is 0 Å². The second-order valence-corrected chi connectivity index (χ2v) is 7.15. The van der Waals surface area contributed by atoms with E-state index in [1.165, 1.54) is 23.8 Å². The Bertz CT molecular complexity index is 899. The fourth-order valence-electron chi connectivity index (χ4n) is 3.21. The standard InChI is InChI=1S/C17H18BN6O3S/c1-2-6-27-24-15-8-14(10-21(11-15)17(24)26)23-5-3-13(20-23)9-22(18-12-25)16-19-4-7-28-16/h2-5,7-8,12,15H,1,6,9-11H2. The van der Waals surface area contributed by atoms with Crippen molar-refractivity contribution in [3.05, 3.63) is 48.3 Å². The molecule has 0 spiro atoms. The minimum Gasteiger partial charge on any atom is -0.383 e. The first-order valence-electron chi connectivity index (χ1n) is 8.72. The third-order valence-corrected chi connectivity index (χ3v) is 5.22. The third-order valence-electron chi connectivity index (χ3n) is 4.41. The van der Waals surface area contributed by atoms with Crippen LogP contribution in [0.1, 0.15) is 5.69 Å². The van der Waals surface area contributed by atoms with Gasteiger partial charge in [-0.1, -0.05) is 6.08 Å². The summed E-state index contributed by atoms with van der Waals surface area (Å²) in [6, 6.07) is 1.58. The lowest BCUT2D eigenvalue weighted by atomic mass is 9.95. The molecule has 2 aliphatic heterocycles. The predicted octanol–water partition coefficient (Wildman–Crippen LogP) is 1.23. The number of hydrogen-bond donors (Lipinski definition) is 0. The van der Waals surface area contributed by atoms with E-state index in [1.54, 1.807) is 26.7 Å². The van der Waals surface area contributed by atoms with Crippen molar-refractivity contribution in [2.45, 2.75) is 12.6 Å². The average molecular weight is 397 g/mol. The molecule has 2 aromatic rings. The van der Waals surface area contributed by atoms with Crippen molar-refractivity contribution in [3.8, 4) is 0 Å². The molecule has 1 unspecified atom stereocenters. The summed E-state index contributed by atoms with van der Waals surface area (Å²) >= 11 is 1.45. The maximum atomic E-state index is 12.4. The van der Waals surface area contributed by atoms with Crippen molar-refractivity contribution < 1.29 is 14.4 Å². The van der Waals surface area contributed by atoms with Gasteiger partial charge in [0.05, 0.1) is 37.1 Å². The SMILES string of the molecule is C=CCON1C(=O)N2CC(n3ccc(CN([B]C=O)c4nccs4)n3)=CC1C2. The van der Waals surface area contributed by atoms with Crippen LogP contribution in [0.15, 0.2) is 42.6 Å². The van der Waals surface area contributed by atoms with E-state index in [2.05, 4.69) is 16.7 Å². The molecule has 9 nitrogen and oxygen atoms in total. The Hall–Kier alpha value is -2.92. The number of thiazole rings is 1. The van der Waals surface area contributed by atoms with E-state index in [-0.39, 0.29) is 18.7 Å². The molecule has 4 heterocycles. The van der Waals surface area contributed by atoms with Crippen LogP contribution in [0.5, 0.6) is 0 Å². The predicted molar refractivity (Wildman–Crippen MR) is 106 cm³/mol. The van der Waals surface area contributed by atoms with Gasteiger partial charge in [-0.25, -0.2) is 14.5 Å². The number of hydroxylamine groups is 2. The van der Waals surface area contributed by atoms with Crippen molar-refractivity contribution in [2.75, 3.05) is 24.5 Å². The van der Waals surface area contributed by atoms with Gasteiger partial charge in [0.25, 0.3) is 0 Å². The number of carbonyl (C=O) groups excluding carboxylic acids is 2. The van der Waals surface area contributed by atoms with Crippen molar-refractivity contribution >= 4 is 41.8 Å². The third kappa shape index (κ3) is 3.58. The molecule has 2 bridgehead atoms. The van der Waals surface area contributed by atoms with Crippen LogP contribution in [-0.2, 0) is 16.2 Å². The van der Waals surface area contributed by atoms with Gasteiger partial charge >= 0.3 is 13.4 Å². The van der Waals surface area contributed by atoms with E-state index in [0.29, 0.717) is 19.6 Å². The van der Waals surface area contributed by atoms with E-state index in [0.717, 1.165) is 22.7 Å². The lowest BCUT2D eigenvalue weighted by Crippen LogP contribution is -2.33. The Morgan fingerprint density at radius 1 is 1.50 bits per heavy atom. The number of nitrogens with zero attached hydrogens (tertiary/aromatic N) is 6. The number of anilines is 1. The van der Waals surface area contributed by atoms with Crippen molar-refractivity contribution in [1.82, 2.24) is 24.7 Å². The van der Waals surface area contributed by atoms with Crippen LogP contribution >= 0.6 is 11.3 Å². The highest BCUT2D eigenvalue weighted by atomic mass is 32.1. The van der Waals surface area contributed by atoms with E-state index in [1.807, 2.05) is 23.7 Å². The molecule has 0 aliphatic carbocycles. The van der Waals surface area contributed by atoms with Gasteiger partial charge in [0.2, 0.25) is 0 Å². The number of hydrogen-bond acceptors (Lipinski definition) is 7. The summed E-state index contributed by atoms with van der Waals surface area (Å²) in [6.07, 6.45) is 7.89. The molecule has 143 valence electrons. The molecular formula is C17H18BN6O3S. The van der Waals surface area contributed by atoms with E-state index >= 15 is 0 Å². The van der Waals surface area contributed by atoms with Gasteiger partial charge in [-0.3, -0.25) is 4.84 Å². The largest absolute Gasteiger partial charge is 0.383 e.